The van der Waals surface area contributed by atoms with Crippen molar-refractivity contribution in [3.05, 3.63) is 59.7 Å². The van der Waals surface area contributed by atoms with Crippen LogP contribution >= 0.6 is 0 Å². The first kappa shape index (κ1) is 17.8. The van der Waals surface area contributed by atoms with Crippen molar-refractivity contribution in [2.45, 2.75) is 19.4 Å². The van der Waals surface area contributed by atoms with Gasteiger partial charge in [0.25, 0.3) is 0 Å². The zero-order valence-corrected chi connectivity index (χ0v) is 14.1. The molecule has 0 saturated heterocycles. The van der Waals surface area contributed by atoms with E-state index in [1.54, 1.807) is 7.11 Å². The molecule has 0 saturated carbocycles. The number of hydrogen-bond donors (Lipinski definition) is 3. The molecule has 1 atom stereocenters. The van der Waals surface area contributed by atoms with Crippen molar-refractivity contribution < 1.29 is 14.6 Å². The number of carbonyl (C=O) groups excluding carboxylic acids is 1. The van der Waals surface area contributed by atoms with E-state index in [1.165, 1.54) is 5.56 Å². The molecule has 0 bridgehead atoms. The molecule has 0 heterocycles. The van der Waals surface area contributed by atoms with Crippen molar-refractivity contribution in [1.82, 2.24) is 5.32 Å². The van der Waals surface area contributed by atoms with Gasteiger partial charge in [-0.1, -0.05) is 43.3 Å². The zero-order chi connectivity index (χ0) is 17.4. The van der Waals surface area contributed by atoms with Gasteiger partial charge in [0.15, 0.2) is 0 Å². The van der Waals surface area contributed by atoms with Crippen LogP contribution in [-0.2, 0) is 11.2 Å². The van der Waals surface area contributed by atoms with Gasteiger partial charge in [0.05, 0.1) is 32.0 Å². The van der Waals surface area contributed by atoms with Gasteiger partial charge in [-0.05, 0) is 29.7 Å². The van der Waals surface area contributed by atoms with Gasteiger partial charge in [0, 0.05) is 0 Å². The fourth-order valence-electron chi connectivity index (χ4n) is 2.43. The molecule has 2 aromatic carbocycles. The van der Waals surface area contributed by atoms with Crippen LogP contribution in [0, 0.1) is 0 Å². The van der Waals surface area contributed by atoms with Gasteiger partial charge in [-0.15, -0.1) is 0 Å². The summed E-state index contributed by atoms with van der Waals surface area (Å²) < 4.78 is 5.24. The van der Waals surface area contributed by atoms with Crippen molar-refractivity contribution in [2.75, 3.05) is 25.6 Å². The summed E-state index contributed by atoms with van der Waals surface area (Å²) in [7, 11) is 1.59. The van der Waals surface area contributed by atoms with Crippen LogP contribution in [-0.4, -0.2) is 31.3 Å². The van der Waals surface area contributed by atoms with E-state index in [0.717, 1.165) is 17.7 Å². The van der Waals surface area contributed by atoms with Crippen LogP contribution in [0.1, 0.15) is 24.1 Å². The number of benzene rings is 2. The van der Waals surface area contributed by atoms with Crippen LogP contribution < -0.4 is 15.4 Å². The molecule has 0 aliphatic carbocycles. The largest absolute Gasteiger partial charge is 0.495 e. The highest BCUT2D eigenvalue weighted by Gasteiger charge is 2.14. The number of ether oxygens (including phenoxy) is 1. The van der Waals surface area contributed by atoms with Crippen molar-refractivity contribution >= 4 is 11.6 Å². The van der Waals surface area contributed by atoms with Crippen LogP contribution in [0.3, 0.4) is 0 Å². The Morgan fingerprint density at radius 1 is 1.17 bits per heavy atom. The molecular weight excluding hydrogens is 304 g/mol. The average molecular weight is 328 g/mol. The number of aryl methyl sites for hydroxylation is 1. The number of carbonyl (C=O) groups is 1. The summed E-state index contributed by atoms with van der Waals surface area (Å²) in [5, 5.41) is 15.4. The maximum atomic E-state index is 12.2. The second-order valence-corrected chi connectivity index (χ2v) is 5.45. The molecule has 1 amide bonds. The van der Waals surface area contributed by atoms with Gasteiger partial charge < -0.3 is 20.5 Å². The van der Waals surface area contributed by atoms with E-state index in [2.05, 4.69) is 17.6 Å². The smallest absolute Gasteiger partial charge is 0.239 e. The predicted octanol–water partition coefficient (Wildman–Crippen LogP) is 2.52. The minimum Gasteiger partial charge on any atom is -0.495 e. The molecule has 0 aliphatic heterocycles. The SMILES string of the molecule is CCc1ccc(C(CO)NC(=O)CNc2ccccc2OC)cc1. The first-order chi connectivity index (χ1) is 11.7. The molecule has 0 radical (unpaired) electrons. The summed E-state index contributed by atoms with van der Waals surface area (Å²) in [5.41, 5.74) is 2.86. The van der Waals surface area contributed by atoms with Crippen LogP contribution in [0.25, 0.3) is 0 Å². The molecule has 24 heavy (non-hydrogen) atoms. The Morgan fingerprint density at radius 3 is 2.50 bits per heavy atom. The average Bonchev–Trinajstić information content (AvgIpc) is 2.64. The fourth-order valence-corrected chi connectivity index (χ4v) is 2.43. The number of aliphatic hydroxyl groups is 1. The normalized spacial score (nSPS) is 11.6. The lowest BCUT2D eigenvalue weighted by atomic mass is 10.0. The third kappa shape index (κ3) is 4.73. The van der Waals surface area contributed by atoms with Crippen LogP contribution in [0.4, 0.5) is 5.69 Å². The summed E-state index contributed by atoms with van der Waals surface area (Å²) in [6.07, 6.45) is 0.958. The predicted molar refractivity (Wildman–Crippen MR) is 95.3 cm³/mol. The lowest BCUT2D eigenvalue weighted by Crippen LogP contribution is -2.35. The summed E-state index contributed by atoms with van der Waals surface area (Å²) >= 11 is 0. The summed E-state index contributed by atoms with van der Waals surface area (Å²) in [4.78, 5) is 12.2. The van der Waals surface area contributed by atoms with Gasteiger partial charge >= 0.3 is 0 Å². The quantitative estimate of drug-likeness (QED) is 0.696. The van der Waals surface area contributed by atoms with Crippen LogP contribution in [0.5, 0.6) is 5.75 Å². The number of nitrogens with one attached hydrogen (secondary N) is 2. The Hall–Kier alpha value is -2.53. The highest BCUT2D eigenvalue weighted by molar-refractivity contribution is 5.81. The Labute approximate surface area is 142 Å². The standard InChI is InChI=1S/C19H24N2O3/c1-3-14-8-10-15(11-9-14)17(13-22)21-19(23)12-20-16-6-4-5-7-18(16)24-2/h4-11,17,20,22H,3,12-13H2,1-2H3,(H,21,23). The van der Waals surface area contributed by atoms with Crippen molar-refractivity contribution in [3.8, 4) is 5.75 Å². The zero-order valence-electron chi connectivity index (χ0n) is 14.1. The molecule has 5 heteroatoms. The molecule has 1 unspecified atom stereocenters. The molecule has 3 N–H and O–H groups in total. The van der Waals surface area contributed by atoms with E-state index < -0.39 is 6.04 Å². The minimum absolute atomic E-state index is 0.101. The van der Waals surface area contributed by atoms with E-state index in [0.29, 0.717) is 5.75 Å². The van der Waals surface area contributed by atoms with Crippen LogP contribution in [0.2, 0.25) is 0 Å². The van der Waals surface area contributed by atoms with E-state index in [-0.39, 0.29) is 19.1 Å². The number of hydrogen-bond acceptors (Lipinski definition) is 4. The summed E-state index contributed by atoms with van der Waals surface area (Å²) in [5.74, 6) is 0.485. The van der Waals surface area contributed by atoms with E-state index in [4.69, 9.17) is 4.74 Å². The fraction of sp³-hybridized carbons (Fsp3) is 0.316. The topological polar surface area (TPSA) is 70.6 Å². The highest BCUT2D eigenvalue weighted by atomic mass is 16.5. The Bertz CT molecular complexity index is 656. The molecule has 0 aliphatic rings. The number of para-hydroxylation sites is 2. The Balaban J connectivity index is 1.94. The van der Waals surface area contributed by atoms with E-state index in [1.807, 2.05) is 48.5 Å². The van der Waals surface area contributed by atoms with Crippen molar-refractivity contribution in [2.24, 2.45) is 0 Å². The number of rotatable bonds is 8. The first-order valence-corrected chi connectivity index (χ1v) is 8.03. The monoisotopic (exact) mass is 328 g/mol. The highest BCUT2D eigenvalue weighted by Crippen LogP contribution is 2.22. The number of aliphatic hydroxyl groups excluding tert-OH is 1. The van der Waals surface area contributed by atoms with E-state index in [9.17, 15) is 9.90 Å². The molecule has 0 fully saturated rings. The third-order valence-electron chi connectivity index (χ3n) is 3.85. The molecule has 2 rings (SSSR count). The number of anilines is 1. The Morgan fingerprint density at radius 2 is 1.88 bits per heavy atom. The molecule has 128 valence electrons. The maximum absolute atomic E-state index is 12.2. The van der Waals surface area contributed by atoms with Gasteiger partial charge in [-0.3, -0.25) is 4.79 Å². The number of amides is 1. The number of methoxy groups -OCH3 is 1. The third-order valence-corrected chi connectivity index (χ3v) is 3.85. The molecular formula is C19H24N2O3. The van der Waals surface area contributed by atoms with Gasteiger partial charge in [-0.25, -0.2) is 0 Å². The van der Waals surface area contributed by atoms with Crippen LogP contribution in [0.15, 0.2) is 48.5 Å². The van der Waals surface area contributed by atoms with Gasteiger partial charge in [-0.2, -0.15) is 0 Å². The summed E-state index contributed by atoms with van der Waals surface area (Å²) in [6.45, 7) is 2.04. The van der Waals surface area contributed by atoms with Gasteiger partial charge in [0.1, 0.15) is 5.75 Å². The van der Waals surface area contributed by atoms with Gasteiger partial charge in [0.2, 0.25) is 5.91 Å². The lowest BCUT2D eigenvalue weighted by molar-refractivity contribution is -0.120. The maximum Gasteiger partial charge on any atom is 0.239 e. The summed E-state index contributed by atoms with van der Waals surface area (Å²) in [6, 6.07) is 14.9. The van der Waals surface area contributed by atoms with Crippen molar-refractivity contribution in [1.29, 1.82) is 0 Å². The molecule has 0 spiro atoms. The Kier molecular flexibility index (Phi) is 6.63. The molecule has 5 nitrogen and oxygen atoms in total. The second-order valence-electron chi connectivity index (χ2n) is 5.45. The van der Waals surface area contributed by atoms with Crippen molar-refractivity contribution in [3.63, 3.8) is 0 Å². The van der Waals surface area contributed by atoms with E-state index >= 15 is 0 Å². The second kappa shape index (κ2) is 8.93. The molecule has 0 aromatic heterocycles. The first-order valence-electron chi connectivity index (χ1n) is 8.03. The lowest BCUT2D eigenvalue weighted by Gasteiger charge is -2.18. The minimum atomic E-state index is -0.414. The molecule has 2 aromatic rings.